The predicted molar refractivity (Wildman–Crippen MR) is 89.1 cm³/mol. The van der Waals surface area contributed by atoms with E-state index in [0.717, 1.165) is 18.4 Å². The molecule has 1 rings (SSSR count). The second-order valence-electron chi connectivity index (χ2n) is 5.07. The Bertz CT molecular complexity index is 442. The molecule has 0 fully saturated rings. The first-order chi connectivity index (χ1) is 10.3. The lowest BCUT2D eigenvalue weighted by Crippen LogP contribution is -2.31. The van der Waals surface area contributed by atoms with Crippen molar-refractivity contribution >= 4 is 17.7 Å². The van der Waals surface area contributed by atoms with Gasteiger partial charge in [0.05, 0.1) is 6.07 Å². The van der Waals surface area contributed by atoms with Crippen LogP contribution in [-0.2, 0) is 11.2 Å². The smallest absolute Gasteiger partial charge is 0.237 e. The summed E-state index contributed by atoms with van der Waals surface area (Å²) in [6, 6.07) is 11.8. The van der Waals surface area contributed by atoms with Gasteiger partial charge >= 0.3 is 0 Å². The molecule has 3 nitrogen and oxygen atoms in total. The zero-order valence-electron chi connectivity index (χ0n) is 12.7. The number of hydrogen-bond donors (Lipinski definition) is 1. The topological polar surface area (TPSA) is 52.9 Å². The van der Waals surface area contributed by atoms with Crippen molar-refractivity contribution in [2.24, 2.45) is 5.92 Å². The summed E-state index contributed by atoms with van der Waals surface area (Å²) in [5.74, 6) is 0.467. The number of unbranched alkanes of at least 4 members (excludes halogenated alkanes) is 3. The highest BCUT2D eigenvalue weighted by Gasteiger charge is 2.17. The maximum absolute atomic E-state index is 12.0. The Hall–Kier alpha value is -1.47. The molecular formula is C17H24N2OS. The monoisotopic (exact) mass is 304 g/mol. The SMILES string of the molecule is CSCCCCCCNC(=O)C(C#N)Cc1ccccc1. The van der Waals surface area contributed by atoms with Crippen molar-refractivity contribution < 1.29 is 4.79 Å². The van der Waals surface area contributed by atoms with Crippen molar-refractivity contribution in [3.63, 3.8) is 0 Å². The standard InChI is InChI=1S/C17H24N2OS/c1-21-12-8-3-2-7-11-19-17(20)16(14-18)13-15-9-5-4-6-10-15/h4-6,9-10,16H,2-3,7-8,11-13H2,1H3,(H,19,20). The molecule has 1 atom stereocenters. The second-order valence-corrected chi connectivity index (χ2v) is 6.06. The highest BCUT2D eigenvalue weighted by molar-refractivity contribution is 7.98. The minimum Gasteiger partial charge on any atom is -0.355 e. The summed E-state index contributed by atoms with van der Waals surface area (Å²) < 4.78 is 0. The number of nitrogens with one attached hydrogen (secondary N) is 1. The number of benzene rings is 1. The molecular weight excluding hydrogens is 280 g/mol. The van der Waals surface area contributed by atoms with Gasteiger partial charge in [-0.25, -0.2) is 0 Å². The molecule has 0 aromatic heterocycles. The first-order valence-corrected chi connectivity index (χ1v) is 8.87. The van der Waals surface area contributed by atoms with Gasteiger partial charge < -0.3 is 5.32 Å². The summed E-state index contributed by atoms with van der Waals surface area (Å²) in [4.78, 5) is 12.0. The Morgan fingerprint density at radius 2 is 1.95 bits per heavy atom. The minimum atomic E-state index is -0.594. The van der Waals surface area contributed by atoms with Crippen molar-refractivity contribution in [3.05, 3.63) is 35.9 Å². The van der Waals surface area contributed by atoms with Crippen LogP contribution in [0, 0.1) is 17.2 Å². The molecule has 1 aromatic carbocycles. The van der Waals surface area contributed by atoms with E-state index in [1.807, 2.05) is 42.1 Å². The van der Waals surface area contributed by atoms with Gasteiger partial charge in [0.1, 0.15) is 5.92 Å². The highest BCUT2D eigenvalue weighted by Crippen LogP contribution is 2.08. The molecule has 0 radical (unpaired) electrons. The van der Waals surface area contributed by atoms with Gasteiger partial charge in [-0.05, 0) is 36.8 Å². The molecule has 1 unspecified atom stereocenters. The van der Waals surface area contributed by atoms with E-state index < -0.39 is 5.92 Å². The summed E-state index contributed by atoms with van der Waals surface area (Å²) in [6.07, 6.45) is 7.18. The van der Waals surface area contributed by atoms with Crippen molar-refractivity contribution in [1.82, 2.24) is 5.32 Å². The third-order valence-corrected chi connectivity index (χ3v) is 4.03. The van der Waals surface area contributed by atoms with Crippen LogP contribution in [-0.4, -0.2) is 24.5 Å². The Balaban J connectivity index is 2.21. The van der Waals surface area contributed by atoms with E-state index in [-0.39, 0.29) is 5.91 Å². The normalized spacial score (nSPS) is 11.6. The van der Waals surface area contributed by atoms with E-state index in [1.54, 1.807) is 0 Å². The van der Waals surface area contributed by atoms with Crippen LogP contribution in [0.3, 0.4) is 0 Å². The molecule has 0 saturated carbocycles. The van der Waals surface area contributed by atoms with Gasteiger partial charge in [-0.3, -0.25) is 4.79 Å². The number of rotatable bonds is 10. The van der Waals surface area contributed by atoms with Crippen LogP contribution in [0.1, 0.15) is 31.2 Å². The zero-order valence-corrected chi connectivity index (χ0v) is 13.5. The first-order valence-electron chi connectivity index (χ1n) is 7.48. The number of amides is 1. The van der Waals surface area contributed by atoms with Crippen LogP contribution in [0.15, 0.2) is 30.3 Å². The van der Waals surface area contributed by atoms with E-state index in [4.69, 9.17) is 5.26 Å². The summed E-state index contributed by atoms with van der Waals surface area (Å²) in [5, 5.41) is 12.0. The Labute approximate surface area is 132 Å². The Morgan fingerprint density at radius 1 is 1.24 bits per heavy atom. The van der Waals surface area contributed by atoms with E-state index in [9.17, 15) is 4.79 Å². The summed E-state index contributed by atoms with van der Waals surface area (Å²) in [5.41, 5.74) is 1.02. The van der Waals surface area contributed by atoms with E-state index in [0.29, 0.717) is 13.0 Å². The molecule has 0 bridgehead atoms. The lowest BCUT2D eigenvalue weighted by molar-refractivity contribution is -0.123. The van der Waals surface area contributed by atoms with Gasteiger partial charge in [-0.1, -0.05) is 43.2 Å². The second kappa shape index (κ2) is 11.2. The van der Waals surface area contributed by atoms with E-state index in [2.05, 4.69) is 17.6 Å². The van der Waals surface area contributed by atoms with Gasteiger partial charge in [-0.15, -0.1) is 0 Å². The number of carbonyl (C=O) groups is 1. The maximum Gasteiger partial charge on any atom is 0.237 e. The molecule has 0 aliphatic heterocycles. The van der Waals surface area contributed by atoms with Gasteiger partial charge in [-0.2, -0.15) is 17.0 Å². The molecule has 114 valence electrons. The third kappa shape index (κ3) is 7.77. The average molecular weight is 304 g/mol. The molecule has 0 heterocycles. The fourth-order valence-corrected chi connectivity index (χ4v) is 2.60. The van der Waals surface area contributed by atoms with Crippen LogP contribution in [0.5, 0.6) is 0 Å². The molecule has 1 amide bonds. The lowest BCUT2D eigenvalue weighted by atomic mass is 10.00. The van der Waals surface area contributed by atoms with Crippen LogP contribution in [0.25, 0.3) is 0 Å². The van der Waals surface area contributed by atoms with Crippen molar-refractivity contribution in [1.29, 1.82) is 5.26 Å². The number of hydrogen-bond acceptors (Lipinski definition) is 3. The molecule has 4 heteroatoms. The first kappa shape index (κ1) is 17.6. The number of nitriles is 1. The predicted octanol–water partition coefficient (Wildman–Crippen LogP) is 3.41. The van der Waals surface area contributed by atoms with Crippen LogP contribution in [0.4, 0.5) is 0 Å². The summed E-state index contributed by atoms with van der Waals surface area (Å²) >= 11 is 1.87. The molecule has 0 saturated heterocycles. The van der Waals surface area contributed by atoms with Gasteiger partial charge in [0.25, 0.3) is 0 Å². The molecule has 1 N–H and O–H groups in total. The zero-order chi connectivity index (χ0) is 15.3. The average Bonchev–Trinajstić information content (AvgIpc) is 2.52. The van der Waals surface area contributed by atoms with Gasteiger partial charge in [0, 0.05) is 6.54 Å². The van der Waals surface area contributed by atoms with Crippen molar-refractivity contribution in [2.45, 2.75) is 32.1 Å². The lowest BCUT2D eigenvalue weighted by Gasteiger charge is -2.10. The molecule has 1 aromatic rings. The molecule has 21 heavy (non-hydrogen) atoms. The third-order valence-electron chi connectivity index (χ3n) is 3.33. The fourth-order valence-electron chi connectivity index (χ4n) is 2.11. The van der Waals surface area contributed by atoms with Crippen molar-refractivity contribution in [2.75, 3.05) is 18.6 Å². The van der Waals surface area contributed by atoms with Crippen LogP contribution in [0.2, 0.25) is 0 Å². The number of nitrogens with zero attached hydrogens (tertiary/aromatic N) is 1. The van der Waals surface area contributed by atoms with Gasteiger partial charge in [0.2, 0.25) is 5.91 Å². The largest absolute Gasteiger partial charge is 0.355 e. The van der Waals surface area contributed by atoms with E-state index in [1.165, 1.54) is 18.6 Å². The highest BCUT2D eigenvalue weighted by atomic mass is 32.2. The van der Waals surface area contributed by atoms with Gasteiger partial charge in [0.15, 0.2) is 0 Å². The van der Waals surface area contributed by atoms with Crippen LogP contribution >= 0.6 is 11.8 Å². The minimum absolute atomic E-state index is 0.148. The number of thioether (sulfide) groups is 1. The fraction of sp³-hybridized carbons (Fsp3) is 0.529. The summed E-state index contributed by atoms with van der Waals surface area (Å²) in [7, 11) is 0. The van der Waals surface area contributed by atoms with Crippen LogP contribution < -0.4 is 5.32 Å². The quantitative estimate of drug-likeness (QED) is 0.674. The molecule has 0 aliphatic carbocycles. The van der Waals surface area contributed by atoms with Crippen molar-refractivity contribution in [3.8, 4) is 6.07 Å². The maximum atomic E-state index is 12.0. The molecule has 0 spiro atoms. The number of carbonyl (C=O) groups excluding carboxylic acids is 1. The summed E-state index contributed by atoms with van der Waals surface area (Å²) in [6.45, 7) is 0.672. The molecule has 0 aliphatic rings. The van der Waals surface area contributed by atoms with E-state index >= 15 is 0 Å². The Kier molecular flexibility index (Phi) is 9.39. The Morgan fingerprint density at radius 3 is 2.62 bits per heavy atom.